The van der Waals surface area contributed by atoms with E-state index in [4.69, 9.17) is 4.74 Å². The van der Waals surface area contributed by atoms with Gasteiger partial charge in [-0.15, -0.1) is 0 Å². The van der Waals surface area contributed by atoms with Crippen LogP contribution in [0.1, 0.15) is 38.2 Å². The highest BCUT2D eigenvalue weighted by Gasteiger charge is 2.49. The zero-order valence-electron chi connectivity index (χ0n) is 9.83. The quantitative estimate of drug-likeness (QED) is 0.822. The number of likely N-dealkylation sites (N-methyl/N-ethyl adjacent to an activating group) is 1. The van der Waals surface area contributed by atoms with E-state index in [0.29, 0.717) is 6.10 Å². The van der Waals surface area contributed by atoms with E-state index in [1.54, 1.807) is 0 Å². The zero-order chi connectivity index (χ0) is 11.0. The number of rotatable bonds is 2. The van der Waals surface area contributed by atoms with Crippen molar-refractivity contribution in [3.05, 3.63) is 29.8 Å². The van der Waals surface area contributed by atoms with Gasteiger partial charge in [-0.3, -0.25) is 0 Å². The molecular formula is C14H19NO. The van der Waals surface area contributed by atoms with Crippen molar-refractivity contribution in [3.8, 4) is 5.75 Å². The molecule has 1 N–H and O–H groups in total. The fraction of sp³-hybridized carbons (Fsp3) is 0.571. The molecular weight excluding hydrogens is 198 g/mol. The molecule has 2 atom stereocenters. The van der Waals surface area contributed by atoms with Crippen molar-refractivity contribution in [2.24, 2.45) is 0 Å². The van der Waals surface area contributed by atoms with Crippen molar-refractivity contribution >= 4 is 0 Å². The fourth-order valence-corrected chi connectivity index (χ4v) is 3.31. The molecule has 0 aromatic heterocycles. The molecule has 0 spiro atoms. The summed E-state index contributed by atoms with van der Waals surface area (Å²) >= 11 is 0. The average Bonchev–Trinajstić information content (AvgIpc) is 2.64. The lowest BCUT2D eigenvalue weighted by Crippen LogP contribution is -2.52. The van der Waals surface area contributed by atoms with Crippen LogP contribution >= 0.6 is 0 Å². The Hall–Kier alpha value is -1.02. The summed E-state index contributed by atoms with van der Waals surface area (Å²) in [6.07, 6.45) is 5.34. The number of ether oxygens (including phenoxy) is 1. The smallest absolute Gasteiger partial charge is 0.125 e. The summed E-state index contributed by atoms with van der Waals surface area (Å²) in [7, 11) is 0. The Bertz CT molecular complexity index is 386. The maximum Gasteiger partial charge on any atom is 0.125 e. The van der Waals surface area contributed by atoms with Gasteiger partial charge in [-0.2, -0.15) is 0 Å². The first-order valence-corrected chi connectivity index (χ1v) is 6.38. The van der Waals surface area contributed by atoms with E-state index in [2.05, 4.69) is 36.5 Å². The number of fused-ring (bicyclic) bond motifs is 3. The standard InChI is InChI=1S/C14H19NO/c1-2-15-14-10-6-5-9-13(14)16-12-8-4-3-7-11(12)14/h3-4,7-8,13,15H,2,5-6,9-10H2,1H3/t13-,14+/m0/s1. The number of hydrogen-bond acceptors (Lipinski definition) is 2. The summed E-state index contributed by atoms with van der Waals surface area (Å²) in [5.74, 6) is 1.09. The summed E-state index contributed by atoms with van der Waals surface area (Å²) in [5.41, 5.74) is 1.48. The monoisotopic (exact) mass is 217 g/mol. The van der Waals surface area contributed by atoms with Crippen LogP contribution in [0.15, 0.2) is 24.3 Å². The van der Waals surface area contributed by atoms with E-state index in [0.717, 1.165) is 12.3 Å². The van der Waals surface area contributed by atoms with Crippen LogP contribution in [0.4, 0.5) is 0 Å². The zero-order valence-corrected chi connectivity index (χ0v) is 9.83. The molecule has 3 rings (SSSR count). The van der Waals surface area contributed by atoms with Crippen molar-refractivity contribution in [1.29, 1.82) is 0 Å². The highest BCUT2D eigenvalue weighted by Crippen LogP contribution is 2.48. The second-order valence-corrected chi connectivity index (χ2v) is 4.85. The van der Waals surface area contributed by atoms with Crippen LogP contribution < -0.4 is 10.1 Å². The van der Waals surface area contributed by atoms with Gasteiger partial charge in [0, 0.05) is 5.56 Å². The lowest BCUT2D eigenvalue weighted by atomic mass is 9.76. The number of para-hydroxylation sites is 1. The Kier molecular flexibility index (Phi) is 2.40. The van der Waals surface area contributed by atoms with E-state index in [1.165, 1.54) is 31.2 Å². The van der Waals surface area contributed by atoms with Crippen molar-refractivity contribution in [1.82, 2.24) is 5.32 Å². The molecule has 2 heteroatoms. The molecule has 1 aliphatic heterocycles. The Morgan fingerprint density at radius 3 is 3.12 bits per heavy atom. The van der Waals surface area contributed by atoms with E-state index in [9.17, 15) is 0 Å². The minimum absolute atomic E-state index is 0.101. The van der Waals surface area contributed by atoms with Crippen molar-refractivity contribution in [2.75, 3.05) is 6.54 Å². The van der Waals surface area contributed by atoms with Crippen LogP contribution in [0.3, 0.4) is 0 Å². The van der Waals surface area contributed by atoms with Gasteiger partial charge in [0.15, 0.2) is 0 Å². The lowest BCUT2D eigenvalue weighted by Gasteiger charge is -2.38. The van der Waals surface area contributed by atoms with Crippen LogP contribution in [0.25, 0.3) is 0 Å². The third-order valence-corrected chi connectivity index (χ3v) is 3.97. The molecule has 0 radical (unpaired) electrons. The minimum Gasteiger partial charge on any atom is -0.488 e. The number of hydrogen-bond donors (Lipinski definition) is 1. The predicted octanol–water partition coefficient (Wildman–Crippen LogP) is 2.83. The van der Waals surface area contributed by atoms with Crippen LogP contribution in [-0.2, 0) is 5.54 Å². The Morgan fingerprint density at radius 2 is 2.25 bits per heavy atom. The van der Waals surface area contributed by atoms with Crippen molar-refractivity contribution < 1.29 is 4.74 Å². The van der Waals surface area contributed by atoms with Gasteiger partial charge >= 0.3 is 0 Å². The van der Waals surface area contributed by atoms with Crippen LogP contribution in [0.2, 0.25) is 0 Å². The Balaban J connectivity index is 2.06. The molecule has 0 saturated heterocycles. The summed E-state index contributed by atoms with van der Waals surface area (Å²) < 4.78 is 6.10. The maximum atomic E-state index is 6.10. The van der Waals surface area contributed by atoms with Gasteiger partial charge in [0.25, 0.3) is 0 Å². The summed E-state index contributed by atoms with van der Waals surface area (Å²) in [6, 6.07) is 8.52. The number of benzene rings is 1. The van der Waals surface area contributed by atoms with E-state index < -0.39 is 0 Å². The molecule has 1 aliphatic carbocycles. The molecule has 86 valence electrons. The second-order valence-electron chi connectivity index (χ2n) is 4.85. The second kappa shape index (κ2) is 3.77. The topological polar surface area (TPSA) is 21.3 Å². The fourth-order valence-electron chi connectivity index (χ4n) is 3.31. The molecule has 1 aromatic rings. The average molecular weight is 217 g/mol. The molecule has 1 saturated carbocycles. The largest absolute Gasteiger partial charge is 0.488 e. The minimum atomic E-state index is 0.101. The van der Waals surface area contributed by atoms with Crippen molar-refractivity contribution in [3.63, 3.8) is 0 Å². The molecule has 1 fully saturated rings. The van der Waals surface area contributed by atoms with Gasteiger partial charge in [-0.1, -0.05) is 31.5 Å². The van der Waals surface area contributed by atoms with Crippen molar-refractivity contribution in [2.45, 2.75) is 44.2 Å². The SMILES string of the molecule is CCN[C@@]12CCCC[C@@H]1Oc1ccccc12. The first kappa shape index (κ1) is 10.2. The predicted molar refractivity (Wildman–Crippen MR) is 64.7 cm³/mol. The molecule has 2 aliphatic rings. The third-order valence-electron chi connectivity index (χ3n) is 3.97. The molecule has 1 aromatic carbocycles. The third kappa shape index (κ3) is 1.29. The highest BCUT2D eigenvalue weighted by molar-refractivity contribution is 5.45. The highest BCUT2D eigenvalue weighted by atomic mass is 16.5. The van der Waals surface area contributed by atoms with E-state index in [1.807, 2.05) is 0 Å². The Labute approximate surface area is 97.0 Å². The first-order chi connectivity index (χ1) is 7.87. The van der Waals surface area contributed by atoms with Gasteiger partial charge in [-0.05, 0) is 31.9 Å². The number of nitrogens with one attached hydrogen (secondary N) is 1. The van der Waals surface area contributed by atoms with E-state index in [-0.39, 0.29) is 5.54 Å². The van der Waals surface area contributed by atoms with Crippen LogP contribution in [0.5, 0.6) is 5.75 Å². The maximum absolute atomic E-state index is 6.10. The van der Waals surface area contributed by atoms with Gasteiger partial charge in [0.1, 0.15) is 11.9 Å². The molecule has 16 heavy (non-hydrogen) atoms. The summed E-state index contributed by atoms with van der Waals surface area (Å²) in [4.78, 5) is 0. The lowest BCUT2D eigenvalue weighted by molar-refractivity contribution is 0.0771. The van der Waals surface area contributed by atoms with Gasteiger partial charge in [0.05, 0.1) is 5.54 Å². The molecule has 0 amide bonds. The van der Waals surface area contributed by atoms with Gasteiger partial charge in [0.2, 0.25) is 0 Å². The molecule has 1 heterocycles. The molecule has 0 unspecified atom stereocenters. The van der Waals surface area contributed by atoms with Gasteiger partial charge in [-0.25, -0.2) is 0 Å². The normalized spacial score (nSPS) is 31.7. The Morgan fingerprint density at radius 1 is 1.38 bits per heavy atom. The van der Waals surface area contributed by atoms with Gasteiger partial charge < -0.3 is 10.1 Å². The van der Waals surface area contributed by atoms with E-state index >= 15 is 0 Å². The van der Waals surface area contributed by atoms with Crippen LogP contribution in [-0.4, -0.2) is 12.6 Å². The first-order valence-electron chi connectivity index (χ1n) is 6.38. The molecule has 2 nitrogen and oxygen atoms in total. The summed E-state index contributed by atoms with van der Waals surface area (Å²) in [5, 5.41) is 3.69. The molecule has 0 bridgehead atoms. The summed E-state index contributed by atoms with van der Waals surface area (Å²) in [6.45, 7) is 3.19. The van der Waals surface area contributed by atoms with Crippen LogP contribution in [0, 0.1) is 0 Å².